The maximum atomic E-state index is 11.7. The van der Waals surface area contributed by atoms with Gasteiger partial charge in [0.25, 0.3) is 0 Å². The standard InChI is InChI=1S/C11H9Br3O3/c1-3-4-5-6(11(16)17-2)7(12)8(13)9(14)10(5)15/h3,15H,1,4H2,2H3. The van der Waals surface area contributed by atoms with Crippen molar-refractivity contribution in [2.75, 3.05) is 7.11 Å². The number of ether oxygens (including phenoxy) is 1. The van der Waals surface area contributed by atoms with Crippen LogP contribution in [0.2, 0.25) is 0 Å². The molecular formula is C11H9Br3O3. The molecule has 0 bridgehead atoms. The number of benzene rings is 1. The molecule has 1 aromatic carbocycles. The fourth-order valence-corrected chi connectivity index (χ4v) is 3.04. The van der Waals surface area contributed by atoms with Crippen molar-refractivity contribution in [2.24, 2.45) is 0 Å². The van der Waals surface area contributed by atoms with Gasteiger partial charge in [0, 0.05) is 10.0 Å². The van der Waals surface area contributed by atoms with Crippen LogP contribution in [0.15, 0.2) is 26.1 Å². The molecule has 0 aliphatic rings. The second-order valence-electron chi connectivity index (χ2n) is 3.13. The highest BCUT2D eigenvalue weighted by Gasteiger charge is 2.24. The van der Waals surface area contributed by atoms with Crippen LogP contribution in [0, 0.1) is 0 Å². The first-order valence-corrected chi connectivity index (χ1v) is 6.91. The van der Waals surface area contributed by atoms with E-state index in [2.05, 4.69) is 54.4 Å². The fraction of sp³-hybridized carbons (Fsp3) is 0.182. The molecule has 0 aliphatic heterocycles. The average molecular weight is 429 g/mol. The molecule has 0 saturated heterocycles. The Kier molecular flexibility index (Phi) is 5.22. The molecule has 0 radical (unpaired) electrons. The summed E-state index contributed by atoms with van der Waals surface area (Å²) < 4.78 is 6.28. The predicted molar refractivity (Wildman–Crippen MR) is 76.4 cm³/mol. The zero-order valence-electron chi connectivity index (χ0n) is 8.89. The SMILES string of the molecule is C=CCc1c(O)c(Br)c(Br)c(Br)c1C(=O)OC. The third kappa shape index (κ3) is 2.74. The lowest BCUT2D eigenvalue weighted by Crippen LogP contribution is -2.08. The van der Waals surface area contributed by atoms with Gasteiger partial charge in [-0.15, -0.1) is 6.58 Å². The number of aromatic hydroxyl groups is 1. The summed E-state index contributed by atoms with van der Waals surface area (Å²) in [6.07, 6.45) is 1.97. The number of hydrogen-bond acceptors (Lipinski definition) is 3. The second kappa shape index (κ2) is 6.02. The Labute approximate surface area is 124 Å². The summed E-state index contributed by atoms with van der Waals surface area (Å²) in [5.41, 5.74) is 0.758. The Morgan fingerprint density at radius 2 is 1.94 bits per heavy atom. The monoisotopic (exact) mass is 426 g/mol. The highest BCUT2D eigenvalue weighted by Crippen LogP contribution is 2.43. The molecule has 0 atom stereocenters. The van der Waals surface area contributed by atoms with Gasteiger partial charge in [-0.3, -0.25) is 0 Å². The molecule has 0 heterocycles. The van der Waals surface area contributed by atoms with E-state index in [0.29, 0.717) is 31.0 Å². The Hall–Kier alpha value is -0.330. The Morgan fingerprint density at radius 3 is 2.41 bits per heavy atom. The van der Waals surface area contributed by atoms with Crippen LogP contribution in [0.25, 0.3) is 0 Å². The molecule has 1 N–H and O–H groups in total. The summed E-state index contributed by atoms with van der Waals surface area (Å²) in [6, 6.07) is 0. The summed E-state index contributed by atoms with van der Waals surface area (Å²) in [5, 5.41) is 10.0. The summed E-state index contributed by atoms with van der Waals surface area (Å²) in [7, 11) is 1.29. The third-order valence-electron chi connectivity index (χ3n) is 2.14. The van der Waals surface area contributed by atoms with E-state index < -0.39 is 5.97 Å². The highest BCUT2D eigenvalue weighted by atomic mass is 79.9. The molecule has 0 amide bonds. The van der Waals surface area contributed by atoms with Crippen molar-refractivity contribution in [3.8, 4) is 5.75 Å². The summed E-state index contributed by atoms with van der Waals surface area (Å²) >= 11 is 9.82. The van der Waals surface area contributed by atoms with Gasteiger partial charge in [-0.1, -0.05) is 6.08 Å². The van der Waals surface area contributed by atoms with Gasteiger partial charge in [0.1, 0.15) is 5.75 Å². The number of carbonyl (C=O) groups excluding carboxylic acids is 1. The van der Waals surface area contributed by atoms with E-state index in [4.69, 9.17) is 4.74 Å². The lowest BCUT2D eigenvalue weighted by atomic mass is 10.0. The van der Waals surface area contributed by atoms with Crippen LogP contribution in [0.1, 0.15) is 15.9 Å². The van der Waals surface area contributed by atoms with Crippen molar-refractivity contribution in [2.45, 2.75) is 6.42 Å². The normalized spacial score (nSPS) is 10.1. The number of carbonyl (C=O) groups is 1. The van der Waals surface area contributed by atoms with Crippen LogP contribution >= 0.6 is 47.8 Å². The summed E-state index contributed by atoms with van der Waals surface area (Å²) in [6.45, 7) is 3.60. The maximum Gasteiger partial charge on any atom is 0.339 e. The van der Waals surface area contributed by atoms with E-state index in [1.54, 1.807) is 6.08 Å². The van der Waals surface area contributed by atoms with Crippen molar-refractivity contribution in [1.29, 1.82) is 0 Å². The number of methoxy groups -OCH3 is 1. The first kappa shape index (κ1) is 14.7. The molecule has 0 fully saturated rings. The zero-order valence-corrected chi connectivity index (χ0v) is 13.6. The van der Waals surface area contributed by atoms with Crippen LogP contribution in [-0.4, -0.2) is 18.2 Å². The minimum atomic E-state index is -0.516. The van der Waals surface area contributed by atoms with E-state index in [-0.39, 0.29) is 5.75 Å². The van der Waals surface area contributed by atoms with Crippen LogP contribution in [0.4, 0.5) is 0 Å². The first-order valence-electron chi connectivity index (χ1n) is 4.53. The predicted octanol–water partition coefficient (Wildman–Crippen LogP) is 4.19. The summed E-state index contributed by atoms with van der Waals surface area (Å²) in [4.78, 5) is 11.7. The number of allylic oxidation sites excluding steroid dienone is 1. The Morgan fingerprint density at radius 1 is 1.35 bits per heavy atom. The number of esters is 1. The fourth-order valence-electron chi connectivity index (χ4n) is 1.35. The molecule has 0 unspecified atom stereocenters. The average Bonchev–Trinajstić information content (AvgIpc) is 2.33. The van der Waals surface area contributed by atoms with Crippen molar-refractivity contribution >= 4 is 53.8 Å². The van der Waals surface area contributed by atoms with Gasteiger partial charge in [0.2, 0.25) is 0 Å². The number of rotatable bonds is 3. The van der Waals surface area contributed by atoms with Crippen molar-refractivity contribution in [1.82, 2.24) is 0 Å². The molecule has 0 spiro atoms. The number of halogens is 3. The van der Waals surface area contributed by atoms with Crippen molar-refractivity contribution < 1.29 is 14.6 Å². The smallest absolute Gasteiger partial charge is 0.339 e. The zero-order chi connectivity index (χ0) is 13.2. The van der Waals surface area contributed by atoms with Crippen molar-refractivity contribution in [3.05, 3.63) is 37.2 Å². The quantitative estimate of drug-likeness (QED) is 0.446. The van der Waals surface area contributed by atoms with Crippen LogP contribution in [0.3, 0.4) is 0 Å². The molecule has 6 heteroatoms. The molecule has 1 rings (SSSR count). The van der Waals surface area contributed by atoms with E-state index in [0.717, 1.165) is 0 Å². The Balaban J connectivity index is 3.64. The van der Waals surface area contributed by atoms with Gasteiger partial charge in [-0.25, -0.2) is 4.79 Å². The molecule has 17 heavy (non-hydrogen) atoms. The van der Waals surface area contributed by atoms with E-state index in [1.807, 2.05) is 0 Å². The molecule has 0 aromatic heterocycles. The van der Waals surface area contributed by atoms with Crippen LogP contribution in [0.5, 0.6) is 5.75 Å². The van der Waals surface area contributed by atoms with Gasteiger partial charge in [-0.2, -0.15) is 0 Å². The van der Waals surface area contributed by atoms with Crippen LogP contribution in [-0.2, 0) is 11.2 Å². The van der Waals surface area contributed by atoms with Gasteiger partial charge in [0.05, 0.1) is 21.6 Å². The minimum absolute atomic E-state index is 0.000347. The van der Waals surface area contributed by atoms with Crippen molar-refractivity contribution in [3.63, 3.8) is 0 Å². The minimum Gasteiger partial charge on any atom is -0.506 e. The molecule has 0 saturated carbocycles. The second-order valence-corrected chi connectivity index (χ2v) is 5.51. The van der Waals surface area contributed by atoms with E-state index >= 15 is 0 Å². The van der Waals surface area contributed by atoms with Gasteiger partial charge in [-0.05, 0) is 54.2 Å². The molecular weight excluding hydrogens is 420 g/mol. The number of hydrogen-bond donors (Lipinski definition) is 1. The topological polar surface area (TPSA) is 46.5 Å². The van der Waals surface area contributed by atoms with Gasteiger partial charge < -0.3 is 9.84 Å². The summed E-state index contributed by atoms with van der Waals surface area (Å²) in [5.74, 6) is -0.516. The molecule has 3 nitrogen and oxygen atoms in total. The molecule has 92 valence electrons. The van der Waals surface area contributed by atoms with E-state index in [1.165, 1.54) is 7.11 Å². The number of phenolic OH excluding ortho intramolecular Hbond substituents is 1. The van der Waals surface area contributed by atoms with Crippen LogP contribution < -0.4 is 0 Å². The highest BCUT2D eigenvalue weighted by molar-refractivity contribution is 9.14. The maximum absolute atomic E-state index is 11.7. The molecule has 0 aliphatic carbocycles. The third-order valence-corrected chi connectivity index (χ3v) is 5.56. The lowest BCUT2D eigenvalue weighted by Gasteiger charge is -2.14. The molecule has 1 aromatic rings. The van der Waals surface area contributed by atoms with E-state index in [9.17, 15) is 9.90 Å². The number of phenols is 1. The van der Waals surface area contributed by atoms with Gasteiger partial charge in [0.15, 0.2) is 0 Å². The van der Waals surface area contributed by atoms with Gasteiger partial charge >= 0.3 is 5.97 Å². The first-order chi connectivity index (χ1) is 7.95. The largest absolute Gasteiger partial charge is 0.506 e. The lowest BCUT2D eigenvalue weighted by molar-refractivity contribution is 0.0598. The Bertz CT molecular complexity index is 484.